The summed E-state index contributed by atoms with van der Waals surface area (Å²) in [5.41, 5.74) is 0.794. The number of morpholine rings is 1. The molecular weight excluding hydrogens is 288 g/mol. The van der Waals surface area contributed by atoms with E-state index in [1.54, 1.807) is 12.1 Å². The van der Waals surface area contributed by atoms with E-state index in [-0.39, 0.29) is 4.90 Å². The van der Waals surface area contributed by atoms with Crippen LogP contribution in [0.3, 0.4) is 0 Å². The molecule has 1 aromatic carbocycles. The molecule has 1 aliphatic heterocycles. The van der Waals surface area contributed by atoms with Crippen LogP contribution in [0.4, 0.5) is 5.69 Å². The maximum Gasteiger partial charge on any atom is 0.243 e. The molecule has 0 aromatic heterocycles. The molecule has 0 saturated carbocycles. The molecule has 0 spiro atoms. The van der Waals surface area contributed by atoms with Gasteiger partial charge in [0.15, 0.2) is 0 Å². The van der Waals surface area contributed by atoms with Gasteiger partial charge >= 0.3 is 0 Å². The van der Waals surface area contributed by atoms with E-state index in [1.807, 2.05) is 19.0 Å². The van der Waals surface area contributed by atoms with E-state index < -0.39 is 10.0 Å². The zero-order chi connectivity index (χ0) is 14.0. The van der Waals surface area contributed by atoms with Crippen molar-refractivity contribution in [1.82, 2.24) is 4.31 Å². The van der Waals surface area contributed by atoms with Crippen LogP contribution in [0, 0.1) is 0 Å². The summed E-state index contributed by atoms with van der Waals surface area (Å²) in [6, 6.07) is 4.81. The average Bonchev–Trinajstić information content (AvgIpc) is 2.39. The van der Waals surface area contributed by atoms with Crippen LogP contribution in [0.2, 0.25) is 5.02 Å². The molecule has 1 aliphatic rings. The van der Waals surface area contributed by atoms with Gasteiger partial charge in [-0.05, 0) is 18.2 Å². The summed E-state index contributed by atoms with van der Waals surface area (Å²) in [5.74, 6) is 0. The normalized spacial score (nSPS) is 17.4. The summed E-state index contributed by atoms with van der Waals surface area (Å²) in [7, 11) is 0.240. The predicted molar refractivity (Wildman–Crippen MR) is 75.4 cm³/mol. The molecule has 0 amide bonds. The Hall–Kier alpha value is -0.820. The third kappa shape index (κ3) is 3.02. The van der Waals surface area contributed by atoms with Crippen LogP contribution >= 0.6 is 11.6 Å². The van der Waals surface area contributed by atoms with Gasteiger partial charge in [-0.3, -0.25) is 0 Å². The smallest absolute Gasteiger partial charge is 0.243 e. The van der Waals surface area contributed by atoms with Crippen LogP contribution in [0.1, 0.15) is 0 Å². The Morgan fingerprint density at radius 1 is 1.26 bits per heavy atom. The first kappa shape index (κ1) is 14.6. The molecule has 1 heterocycles. The molecule has 106 valence electrons. The molecule has 0 bridgehead atoms. The topological polar surface area (TPSA) is 49.9 Å². The number of hydrogen-bond acceptors (Lipinski definition) is 4. The molecule has 0 aliphatic carbocycles. The van der Waals surface area contributed by atoms with Gasteiger partial charge < -0.3 is 9.64 Å². The minimum absolute atomic E-state index is 0.227. The molecule has 5 nitrogen and oxygen atoms in total. The van der Waals surface area contributed by atoms with Crippen molar-refractivity contribution in [3.05, 3.63) is 23.2 Å². The van der Waals surface area contributed by atoms with Gasteiger partial charge in [-0.25, -0.2) is 8.42 Å². The number of rotatable bonds is 3. The monoisotopic (exact) mass is 304 g/mol. The second kappa shape index (κ2) is 5.66. The number of nitrogens with zero attached hydrogens (tertiary/aromatic N) is 2. The zero-order valence-electron chi connectivity index (χ0n) is 11.0. The lowest BCUT2D eigenvalue weighted by molar-refractivity contribution is 0.0730. The van der Waals surface area contributed by atoms with Crippen molar-refractivity contribution in [1.29, 1.82) is 0 Å². The van der Waals surface area contributed by atoms with Crippen LogP contribution in [0.25, 0.3) is 0 Å². The summed E-state index contributed by atoms with van der Waals surface area (Å²) in [6.07, 6.45) is 0. The van der Waals surface area contributed by atoms with E-state index in [9.17, 15) is 8.42 Å². The standard InChI is InChI=1S/C12H17ClN2O3S/c1-14(2)12-4-3-10(9-11(12)13)19(16,17)15-5-7-18-8-6-15/h3-4,9H,5-8H2,1-2H3. The Morgan fingerprint density at radius 2 is 1.89 bits per heavy atom. The lowest BCUT2D eigenvalue weighted by Crippen LogP contribution is -2.40. The van der Waals surface area contributed by atoms with E-state index in [0.29, 0.717) is 31.3 Å². The van der Waals surface area contributed by atoms with Gasteiger partial charge in [0.1, 0.15) is 0 Å². The molecule has 2 rings (SSSR count). The summed E-state index contributed by atoms with van der Waals surface area (Å²) in [6.45, 7) is 1.64. The van der Waals surface area contributed by atoms with Crippen molar-refractivity contribution in [3.8, 4) is 0 Å². The maximum absolute atomic E-state index is 12.4. The quantitative estimate of drug-likeness (QED) is 0.847. The van der Waals surface area contributed by atoms with Gasteiger partial charge in [0.25, 0.3) is 0 Å². The van der Waals surface area contributed by atoms with E-state index in [1.165, 1.54) is 10.4 Å². The summed E-state index contributed by atoms with van der Waals surface area (Å²) < 4.78 is 31.4. The van der Waals surface area contributed by atoms with E-state index in [0.717, 1.165) is 5.69 Å². The molecule has 0 unspecified atom stereocenters. The highest BCUT2D eigenvalue weighted by molar-refractivity contribution is 7.89. The highest BCUT2D eigenvalue weighted by Gasteiger charge is 2.26. The van der Waals surface area contributed by atoms with Gasteiger partial charge in [-0.1, -0.05) is 11.6 Å². The lowest BCUT2D eigenvalue weighted by atomic mass is 10.3. The Balaban J connectivity index is 2.33. The number of benzene rings is 1. The molecule has 1 saturated heterocycles. The third-order valence-electron chi connectivity index (χ3n) is 3.01. The molecule has 7 heteroatoms. The first-order chi connectivity index (χ1) is 8.93. The van der Waals surface area contributed by atoms with Crippen molar-refractivity contribution in [2.24, 2.45) is 0 Å². The summed E-state index contributed by atoms with van der Waals surface area (Å²) in [5, 5.41) is 0.430. The van der Waals surface area contributed by atoms with Crippen molar-refractivity contribution in [3.63, 3.8) is 0 Å². The SMILES string of the molecule is CN(C)c1ccc(S(=O)(=O)N2CCOCC2)cc1Cl. The van der Waals surface area contributed by atoms with Crippen molar-refractivity contribution >= 4 is 27.3 Å². The fourth-order valence-electron chi connectivity index (χ4n) is 1.95. The first-order valence-corrected chi connectivity index (χ1v) is 7.79. The molecule has 0 N–H and O–H groups in total. The van der Waals surface area contributed by atoms with Crippen molar-refractivity contribution in [2.45, 2.75) is 4.90 Å². The van der Waals surface area contributed by atoms with E-state index in [2.05, 4.69) is 0 Å². The number of anilines is 1. The Morgan fingerprint density at radius 3 is 2.42 bits per heavy atom. The predicted octanol–water partition coefficient (Wildman–Crippen LogP) is 1.43. The highest BCUT2D eigenvalue weighted by Crippen LogP contribution is 2.28. The van der Waals surface area contributed by atoms with Crippen LogP contribution in [-0.4, -0.2) is 53.1 Å². The van der Waals surface area contributed by atoms with Gasteiger partial charge in [0.05, 0.1) is 28.8 Å². The van der Waals surface area contributed by atoms with Gasteiger partial charge in [0.2, 0.25) is 10.0 Å². The van der Waals surface area contributed by atoms with E-state index in [4.69, 9.17) is 16.3 Å². The fraction of sp³-hybridized carbons (Fsp3) is 0.500. The molecule has 19 heavy (non-hydrogen) atoms. The minimum Gasteiger partial charge on any atom is -0.379 e. The molecular formula is C12H17ClN2O3S. The van der Waals surface area contributed by atoms with Crippen molar-refractivity contribution < 1.29 is 13.2 Å². The number of halogens is 1. The molecule has 0 atom stereocenters. The number of hydrogen-bond donors (Lipinski definition) is 0. The van der Waals surface area contributed by atoms with Crippen LogP contribution < -0.4 is 4.90 Å². The number of ether oxygens (including phenoxy) is 1. The molecule has 0 radical (unpaired) electrons. The second-order valence-corrected chi connectivity index (χ2v) is 6.87. The highest BCUT2D eigenvalue weighted by atomic mass is 35.5. The summed E-state index contributed by atoms with van der Waals surface area (Å²) >= 11 is 6.12. The Bertz CT molecular complexity index is 554. The zero-order valence-corrected chi connectivity index (χ0v) is 12.5. The average molecular weight is 305 g/mol. The largest absolute Gasteiger partial charge is 0.379 e. The van der Waals surface area contributed by atoms with Crippen LogP contribution in [0.5, 0.6) is 0 Å². The lowest BCUT2D eigenvalue weighted by Gasteiger charge is -2.26. The van der Waals surface area contributed by atoms with Gasteiger partial charge in [-0.15, -0.1) is 0 Å². The molecule has 1 aromatic rings. The summed E-state index contributed by atoms with van der Waals surface area (Å²) in [4.78, 5) is 2.07. The fourth-order valence-corrected chi connectivity index (χ4v) is 3.80. The van der Waals surface area contributed by atoms with Crippen LogP contribution in [0.15, 0.2) is 23.1 Å². The third-order valence-corrected chi connectivity index (χ3v) is 5.21. The minimum atomic E-state index is -3.48. The number of sulfonamides is 1. The maximum atomic E-state index is 12.4. The van der Waals surface area contributed by atoms with Gasteiger partial charge in [0, 0.05) is 27.2 Å². The molecule has 1 fully saturated rings. The van der Waals surface area contributed by atoms with Crippen LogP contribution in [-0.2, 0) is 14.8 Å². The Labute approximate surface area is 118 Å². The van der Waals surface area contributed by atoms with Gasteiger partial charge in [-0.2, -0.15) is 4.31 Å². The van der Waals surface area contributed by atoms with E-state index >= 15 is 0 Å². The second-order valence-electron chi connectivity index (χ2n) is 4.52. The van der Waals surface area contributed by atoms with Crippen molar-refractivity contribution in [2.75, 3.05) is 45.3 Å². The Kier molecular flexibility index (Phi) is 4.35. The first-order valence-electron chi connectivity index (χ1n) is 5.97.